The summed E-state index contributed by atoms with van der Waals surface area (Å²) in [5.74, 6) is 1.36. The van der Waals surface area contributed by atoms with Crippen LogP contribution >= 0.6 is 11.6 Å². The Labute approximate surface area is 164 Å². The second-order valence-electron chi connectivity index (χ2n) is 5.86. The van der Waals surface area contributed by atoms with E-state index in [9.17, 15) is 4.79 Å². The second-order valence-corrected chi connectivity index (χ2v) is 6.26. The molecule has 0 aliphatic rings. The van der Waals surface area contributed by atoms with Crippen molar-refractivity contribution in [2.24, 2.45) is 5.10 Å². The van der Waals surface area contributed by atoms with Crippen LogP contribution in [0.25, 0.3) is 0 Å². The third kappa shape index (κ3) is 5.89. The molecule has 7 heteroatoms. The second kappa shape index (κ2) is 9.83. The van der Waals surface area contributed by atoms with Crippen molar-refractivity contribution in [3.63, 3.8) is 0 Å². The highest BCUT2D eigenvalue weighted by Crippen LogP contribution is 2.36. The Morgan fingerprint density at radius 1 is 1.26 bits per heavy atom. The first-order valence-corrected chi connectivity index (χ1v) is 8.92. The molecule has 0 aliphatic heterocycles. The van der Waals surface area contributed by atoms with E-state index in [1.165, 1.54) is 13.3 Å². The number of carbonyl (C=O) groups excluding carboxylic acids is 1. The molecule has 0 heterocycles. The molecule has 27 heavy (non-hydrogen) atoms. The average Bonchev–Trinajstić information content (AvgIpc) is 2.64. The van der Waals surface area contributed by atoms with E-state index in [0.29, 0.717) is 40.0 Å². The van der Waals surface area contributed by atoms with E-state index in [2.05, 4.69) is 10.5 Å². The van der Waals surface area contributed by atoms with Crippen molar-refractivity contribution in [1.82, 2.24) is 5.43 Å². The van der Waals surface area contributed by atoms with E-state index < -0.39 is 0 Å². The number of hydrazone groups is 1. The van der Waals surface area contributed by atoms with E-state index in [1.54, 1.807) is 36.4 Å². The van der Waals surface area contributed by atoms with Crippen LogP contribution in [0, 0.1) is 0 Å². The first-order chi connectivity index (χ1) is 12.9. The zero-order valence-corrected chi connectivity index (χ0v) is 16.5. The fraction of sp³-hybridized carbons (Fsp3) is 0.300. The number of hydrogen-bond donors (Lipinski definition) is 1. The van der Waals surface area contributed by atoms with Crippen molar-refractivity contribution < 1.29 is 19.0 Å². The molecule has 0 saturated heterocycles. The number of rotatable bonds is 8. The van der Waals surface area contributed by atoms with Gasteiger partial charge in [-0.05, 0) is 62.7 Å². The van der Waals surface area contributed by atoms with Crippen LogP contribution in [0.15, 0.2) is 41.5 Å². The number of hydrogen-bond acceptors (Lipinski definition) is 5. The number of nitrogens with zero attached hydrogens (tertiary/aromatic N) is 1. The predicted octanol–water partition coefficient (Wildman–Crippen LogP) is 4.30. The first-order valence-electron chi connectivity index (χ1n) is 8.55. The SMILES string of the molecule is CCOc1ccc(C(=O)N/N=C\c2cc(Cl)c(OC(C)C)c(OC)c2)cc1. The van der Waals surface area contributed by atoms with Crippen LogP contribution in [0.5, 0.6) is 17.2 Å². The molecule has 0 radical (unpaired) electrons. The third-order valence-corrected chi connectivity index (χ3v) is 3.69. The number of amides is 1. The van der Waals surface area contributed by atoms with Gasteiger partial charge in [0.1, 0.15) is 5.75 Å². The lowest BCUT2D eigenvalue weighted by atomic mass is 10.2. The van der Waals surface area contributed by atoms with Crippen LogP contribution in [0.2, 0.25) is 5.02 Å². The van der Waals surface area contributed by atoms with Gasteiger partial charge in [0.2, 0.25) is 0 Å². The minimum atomic E-state index is -0.327. The molecule has 2 aromatic carbocycles. The van der Waals surface area contributed by atoms with Crippen molar-refractivity contribution >= 4 is 23.7 Å². The fourth-order valence-corrected chi connectivity index (χ4v) is 2.53. The van der Waals surface area contributed by atoms with Crippen LogP contribution in [-0.2, 0) is 0 Å². The van der Waals surface area contributed by atoms with E-state index >= 15 is 0 Å². The molecule has 144 valence electrons. The lowest BCUT2D eigenvalue weighted by molar-refractivity contribution is 0.0955. The lowest BCUT2D eigenvalue weighted by Crippen LogP contribution is -2.17. The van der Waals surface area contributed by atoms with E-state index in [0.717, 1.165) is 0 Å². The minimum Gasteiger partial charge on any atom is -0.494 e. The maximum Gasteiger partial charge on any atom is 0.271 e. The smallest absolute Gasteiger partial charge is 0.271 e. The summed E-state index contributed by atoms with van der Waals surface area (Å²) in [6, 6.07) is 10.2. The Balaban J connectivity index is 2.06. The van der Waals surface area contributed by atoms with Gasteiger partial charge in [-0.25, -0.2) is 5.43 Å². The molecule has 2 aromatic rings. The summed E-state index contributed by atoms with van der Waals surface area (Å²) < 4.78 is 16.3. The molecule has 0 aliphatic carbocycles. The number of benzene rings is 2. The quantitative estimate of drug-likeness (QED) is 0.539. The monoisotopic (exact) mass is 390 g/mol. The summed E-state index contributed by atoms with van der Waals surface area (Å²) in [6.07, 6.45) is 1.45. The maximum atomic E-state index is 12.1. The van der Waals surface area contributed by atoms with Gasteiger partial charge in [0.05, 0.1) is 31.1 Å². The summed E-state index contributed by atoms with van der Waals surface area (Å²) in [7, 11) is 1.54. The Morgan fingerprint density at radius 3 is 2.56 bits per heavy atom. The van der Waals surface area contributed by atoms with Crippen LogP contribution < -0.4 is 19.6 Å². The van der Waals surface area contributed by atoms with Gasteiger partial charge in [0.15, 0.2) is 11.5 Å². The van der Waals surface area contributed by atoms with Crippen LogP contribution in [0.1, 0.15) is 36.7 Å². The number of nitrogens with one attached hydrogen (secondary N) is 1. The van der Waals surface area contributed by atoms with Crippen molar-refractivity contribution in [3.05, 3.63) is 52.5 Å². The highest BCUT2D eigenvalue weighted by molar-refractivity contribution is 6.32. The van der Waals surface area contributed by atoms with Crippen molar-refractivity contribution in [2.45, 2.75) is 26.9 Å². The summed E-state index contributed by atoms with van der Waals surface area (Å²) in [6.45, 7) is 6.28. The summed E-state index contributed by atoms with van der Waals surface area (Å²) in [5, 5.41) is 4.38. The Hall–Kier alpha value is -2.73. The molecule has 6 nitrogen and oxygen atoms in total. The molecule has 0 aromatic heterocycles. The molecule has 0 spiro atoms. The predicted molar refractivity (Wildman–Crippen MR) is 106 cm³/mol. The normalized spacial score (nSPS) is 10.9. The molecule has 0 unspecified atom stereocenters. The highest BCUT2D eigenvalue weighted by Gasteiger charge is 2.13. The van der Waals surface area contributed by atoms with Gasteiger partial charge in [0.25, 0.3) is 5.91 Å². The first kappa shape index (κ1) is 20.6. The molecule has 0 atom stereocenters. The number of ether oxygens (including phenoxy) is 3. The zero-order chi connectivity index (χ0) is 19.8. The average molecular weight is 391 g/mol. The van der Waals surface area contributed by atoms with Gasteiger partial charge >= 0.3 is 0 Å². The molecule has 1 amide bonds. The number of methoxy groups -OCH3 is 1. The molecule has 0 fully saturated rings. The summed E-state index contributed by atoms with van der Waals surface area (Å²) >= 11 is 6.27. The summed E-state index contributed by atoms with van der Waals surface area (Å²) in [5.41, 5.74) is 3.62. The van der Waals surface area contributed by atoms with Crippen molar-refractivity contribution in [1.29, 1.82) is 0 Å². The maximum absolute atomic E-state index is 12.1. The van der Waals surface area contributed by atoms with Crippen molar-refractivity contribution in [3.8, 4) is 17.2 Å². The van der Waals surface area contributed by atoms with Gasteiger partial charge in [-0.2, -0.15) is 5.10 Å². The Kier molecular flexibility index (Phi) is 7.49. The minimum absolute atomic E-state index is 0.0377. The largest absolute Gasteiger partial charge is 0.494 e. The van der Waals surface area contributed by atoms with Crippen LogP contribution in [-0.4, -0.2) is 31.9 Å². The lowest BCUT2D eigenvalue weighted by Gasteiger charge is -2.15. The van der Waals surface area contributed by atoms with Crippen LogP contribution in [0.3, 0.4) is 0 Å². The molecule has 2 rings (SSSR count). The summed E-state index contributed by atoms with van der Waals surface area (Å²) in [4.78, 5) is 12.1. The fourth-order valence-electron chi connectivity index (χ4n) is 2.26. The number of carbonyl (C=O) groups is 1. The van der Waals surface area contributed by atoms with Crippen molar-refractivity contribution in [2.75, 3.05) is 13.7 Å². The highest BCUT2D eigenvalue weighted by atomic mass is 35.5. The van der Waals surface area contributed by atoms with E-state index in [4.69, 9.17) is 25.8 Å². The van der Waals surface area contributed by atoms with Gasteiger partial charge in [-0.1, -0.05) is 11.6 Å². The number of halogens is 1. The molecule has 0 saturated carbocycles. The van der Waals surface area contributed by atoms with Gasteiger partial charge in [-0.15, -0.1) is 0 Å². The van der Waals surface area contributed by atoms with Crippen LogP contribution in [0.4, 0.5) is 0 Å². The van der Waals surface area contributed by atoms with Gasteiger partial charge in [-0.3, -0.25) is 4.79 Å². The Morgan fingerprint density at radius 2 is 1.96 bits per heavy atom. The molecular weight excluding hydrogens is 368 g/mol. The van der Waals surface area contributed by atoms with Gasteiger partial charge < -0.3 is 14.2 Å². The zero-order valence-electron chi connectivity index (χ0n) is 15.8. The topological polar surface area (TPSA) is 69.2 Å². The third-order valence-electron chi connectivity index (χ3n) is 3.41. The molecular formula is C20H23ClN2O4. The Bertz CT molecular complexity index is 804. The van der Waals surface area contributed by atoms with E-state index in [-0.39, 0.29) is 12.0 Å². The van der Waals surface area contributed by atoms with E-state index in [1.807, 2.05) is 20.8 Å². The molecule has 1 N–H and O–H groups in total. The van der Waals surface area contributed by atoms with Gasteiger partial charge in [0, 0.05) is 5.56 Å². The standard InChI is InChI=1S/C20H23ClN2O4/c1-5-26-16-8-6-15(7-9-16)20(24)23-22-12-14-10-17(21)19(27-13(2)3)18(11-14)25-4/h6-13H,5H2,1-4H3,(H,23,24)/b22-12-. The molecule has 0 bridgehead atoms.